The average molecular weight is 478 g/mol. The van der Waals surface area contributed by atoms with Crippen LogP contribution < -0.4 is 9.47 Å². The van der Waals surface area contributed by atoms with Crippen molar-refractivity contribution in [1.82, 2.24) is 4.31 Å². The predicted molar refractivity (Wildman–Crippen MR) is 130 cm³/mol. The molecule has 33 heavy (non-hydrogen) atoms. The lowest BCUT2D eigenvalue weighted by atomic mass is 10.2. The van der Waals surface area contributed by atoms with Crippen molar-refractivity contribution >= 4 is 10.0 Å². The van der Waals surface area contributed by atoms with E-state index in [0.29, 0.717) is 26.1 Å². The smallest absolute Gasteiger partial charge is 0.219 e. The van der Waals surface area contributed by atoms with Gasteiger partial charge in [-0.15, -0.1) is 6.58 Å². The van der Waals surface area contributed by atoms with E-state index in [9.17, 15) is 8.42 Å². The van der Waals surface area contributed by atoms with Gasteiger partial charge in [0.05, 0.1) is 39.3 Å². The van der Waals surface area contributed by atoms with Crippen LogP contribution >= 0.6 is 0 Å². The number of methoxy groups -OCH3 is 3. The topological polar surface area (TPSA) is 74.3 Å². The van der Waals surface area contributed by atoms with E-state index in [1.807, 2.05) is 48.5 Å². The number of nitrogens with zero attached hydrogens (tertiary/aromatic N) is 1. The molecule has 1 atom stereocenters. The van der Waals surface area contributed by atoms with Crippen LogP contribution in [0, 0.1) is 0 Å². The van der Waals surface area contributed by atoms with Gasteiger partial charge in [-0.05, 0) is 48.2 Å². The zero-order chi connectivity index (χ0) is 24.1. The Bertz CT molecular complexity index is 879. The fraction of sp³-hybridized carbons (Fsp3) is 0.440. The van der Waals surface area contributed by atoms with Crippen LogP contribution in [0.3, 0.4) is 0 Å². The van der Waals surface area contributed by atoms with Gasteiger partial charge in [-0.2, -0.15) is 4.31 Å². The summed E-state index contributed by atoms with van der Waals surface area (Å²) in [5.41, 5.74) is 1.74. The molecule has 0 N–H and O–H groups in total. The lowest BCUT2D eigenvalue weighted by Gasteiger charge is -2.28. The number of hydrogen-bond donors (Lipinski definition) is 0. The molecule has 0 spiro atoms. The Balaban J connectivity index is 2.31. The predicted octanol–water partition coefficient (Wildman–Crippen LogP) is 4.03. The molecule has 2 aromatic rings. The molecule has 182 valence electrons. The molecule has 0 unspecified atom stereocenters. The van der Waals surface area contributed by atoms with Gasteiger partial charge >= 0.3 is 0 Å². The van der Waals surface area contributed by atoms with Crippen LogP contribution in [0.2, 0.25) is 0 Å². The Kier molecular flexibility index (Phi) is 11.4. The molecule has 7 nitrogen and oxygen atoms in total. The maximum Gasteiger partial charge on any atom is 0.219 e. The summed E-state index contributed by atoms with van der Waals surface area (Å²) in [6.45, 7) is 5.07. The zero-order valence-corrected chi connectivity index (χ0v) is 20.6. The van der Waals surface area contributed by atoms with Crippen LogP contribution in [0.25, 0.3) is 0 Å². The van der Waals surface area contributed by atoms with Gasteiger partial charge in [-0.3, -0.25) is 0 Å². The first-order chi connectivity index (χ1) is 15.9. The number of allylic oxidation sites excluding steroid dienone is 1. The molecular formula is C25H35NO6S. The third-order valence-electron chi connectivity index (χ3n) is 5.25. The van der Waals surface area contributed by atoms with E-state index in [-0.39, 0.29) is 19.7 Å². The first kappa shape index (κ1) is 26.9. The molecule has 0 fully saturated rings. The molecule has 0 radical (unpaired) electrons. The van der Waals surface area contributed by atoms with Crippen molar-refractivity contribution in [2.45, 2.75) is 31.2 Å². The highest BCUT2D eigenvalue weighted by atomic mass is 32.2. The largest absolute Gasteiger partial charge is 0.497 e. The monoisotopic (exact) mass is 477 g/mol. The minimum Gasteiger partial charge on any atom is -0.497 e. The molecule has 0 amide bonds. The SMILES string of the molecule is C=CCC[C@H](COCCOC)S(=O)(=O)N(Cc1ccc(OC)cc1)Cc1ccc(OC)cc1. The summed E-state index contributed by atoms with van der Waals surface area (Å²) in [7, 11) is 1.09. The molecular weight excluding hydrogens is 442 g/mol. The van der Waals surface area contributed by atoms with E-state index in [1.54, 1.807) is 27.4 Å². The van der Waals surface area contributed by atoms with Crippen molar-refractivity contribution in [2.24, 2.45) is 0 Å². The Morgan fingerprint density at radius 3 is 1.82 bits per heavy atom. The number of benzene rings is 2. The van der Waals surface area contributed by atoms with E-state index in [2.05, 4.69) is 6.58 Å². The normalized spacial score (nSPS) is 12.5. The van der Waals surface area contributed by atoms with Crippen LogP contribution in [-0.2, 0) is 32.6 Å². The number of rotatable bonds is 16. The lowest BCUT2D eigenvalue weighted by Crippen LogP contribution is -2.40. The van der Waals surface area contributed by atoms with Crippen molar-refractivity contribution in [3.63, 3.8) is 0 Å². The van der Waals surface area contributed by atoms with Gasteiger partial charge in [-0.1, -0.05) is 30.3 Å². The molecule has 2 rings (SSSR count). The summed E-state index contributed by atoms with van der Waals surface area (Å²) in [6, 6.07) is 14.8. The Hall–Kier alpha value is -2.39. The summed E-state index contributed by atoms with van der Waals surface area (Å²) in [5, 5.41) is -0.691. The van der Waals surface area contributed by atoms with Crippen molar-refractivity contribution in [3.05, 3.63) is 72.3 Å². The summed E-state index contributed by atoms with van der Waals surface area (Å²) in [6.07, 6.45) is 2.74. The van der Waals surface area contributed by atoms with E-state index in [0.717, 1.165) is 22.6 Å². The highest BCUT2D eigenvalue weighted by Crippen LogP contribution is 2.23. The molecule has 0 aliphatic rings. The van der Waals surface area contributed by atoms with Crippen molar-refractivity contribution in [2.75, 3.05) is 41.2 Å². The van der Waals surface area contributed by atoms with Gasteiger partial charge in [0.15, 0.2) is 0 Å². The Morgan fingerprint density at radius 2 is 1.39 bits per heavy atom. The van der Waals surface area contributed by atoms with Gasteiger partial charge in [0.25, 0.3) is 0 Å². The molecule has 0 aromatic heterocycles. The molecule has 0 aliphatic heterocycles. The van der Waals surface area contributed by atoms with E-state index in [1.165, 1.54) is 4.31 Å². The molecule has 2 aromatic carbocycles. The lowest BCUT2D eigenvalue weighted by molar-refractivity contribution is 0.0692. The third kappa shape index (κ3) is 8.47. The third-order valence-corrected chi connectivity index (χ3v) is 7.44. The van der Waals surface area contributed by atoms with E-state index >= 15 is 0 Å². The zero-order valence-electron chi connectivity index (χ0n) is 19.7. The van der Waals surface area contributed by atoms with Crippen LogP contribution in [0.1, 0.15) is 24.0 Å². The van der Waals surface area contributed by atoms with Crippen LogP contribution in [0.5, 0.6) is 11.5 Å². The van der Waals surface area contributed by atoms with E-state index in [4.69, 9.17) is 18.9 Å². The first-order valence-electron chi connectivity index (χ1n) is 10.9. The summed E-state index contributed by atoms with van der Waals surface area (Å²) in [5.74, 6) is 1.44. The quantitative estimate of drug-likeness (QED) is 0.268. The standard InChI is InChI=1S/C25H35NO6S/c1-5-6-7-25(20-32-17-16-29-2)33(27,28)26(18-21-8-12-23(30-3)13-9-21)19-22-10-14-24(31-4)15-11-22/h5,8-15,25H,1,6-7,16-20H2,2-4H3/t25-/m1/s1. The van der Waals surface area contributed by atoms with Gasteiger partial charge in [0, 0.05) is 20.2 Å². The van der Waals surface area contributed by atoms with Crippen molar-refractivity contribution in [3.8, 4) is 11.5 Å². The maximum absolute atomic E-state index is 13.8. The average Bonchev–Trinajstić information content (AvgIpc) is 2.84. The van der Waals surface area contributed by atoms with Gasteiger partial charge < -0.3 is 18.9 Å². The molecule has 0 saturated heterocycles. The molecule has 0 heterocycles. The van der Waals surface area contributed by atoms with Gasteiger partial charge in [0.1, 0.15) is 11.5 Å². The number of sulfonamides is 1. The molecule has 0 saturated carbocycles. The minimum absolute atomic E-state index is 0.0985. The molecule has 0 bridgehead atoms. The number of ether oxygens (including phenoxy) is 4. The minimum atomic E-state index is -3.69. The second kappa shape index (κ2) is 14.0. The Labute approximate surface area is 198 Å². The van der Waals surface area contributed by atoms with Crippen LogP contribution in [0.15, 0.2) is 61.2 Å². The summed E-state index contributed by atoms with van der Waals surface area (Å²) < 4.78 is 50.2. The highest BCUT2D eigenvalue weighted by Gasteiger charge is 2.32. The first-order valence-corrected chi connectivity index (χ1v) is 12.4. The maximum atomic E-state index is 13.8. The van der Waals surface area contributed by atoms with Crippen molar-refractivity contribution in [1.29, 1.82) is 0 Å². The fourth-order valence-corrected chi connectivity index (χ4v) is 5.08. The van der Waals surface area contributed by atoms with Crippen molar-refractivity contribution < 1.29 is 27.4 Å². The summed E-state index contributed by atoms with van der Waals surface area (Å²) >= 11 is 0. The van der Waals surface area contributed by atoms with E-state index < -0.39 is 15.3 Å². The fourth-order valence-electron chi connectivity index (χ4n) is 3.29. The highest BCUT2D eigenvalue weighted by molar-refractivity contribution is 7.89. The second-order valence-electron chi connectivity index (χ2n) is 7.56. The Morgan fingerprint density at radius 1 is 0.879 bits per heavy atom. The van der Waals surface area contributed by atoms with Gasteiger partial charge in [-0.25, -0.2) is 8.42 Å². The summed E-state index contributed by atoms with van der Waals surface area (Å²) in [4.78, 5) is 0. The van der Waals surface area contributed by atoms with Gasteiger partial charge in [0.2, 0.25) is 10.0 Å². The van der Waals surface area contributed by atoms with Crippen LogP contribution in [-0.4, -0.2) is 59.1 Å². The number of hydrogen-bond acceptors (Lipinski definition) is 6. The second-order valence-corrected chi connectivity index (χ2v) is 9.78. The molecule has 8 heteroatoms. The van der Waals surface area contributed by atoms with Crippen LogP contribution in [0.4, 0.5) is 0 Å². The molecule has 0 aliphatic carbocycles.